The summed E-state index contributed by atoms with van der Waals surface area (Å²) >= 11 is 0. The summed E-state index contributed by atoms with van der Waals surface area (Å²) in [5.41, 5.74) is 7.51. The number of piperidine rings is 1. The summed E-state index contributed by atoms with van der Waals surface area (Å²) in [4.78, 5) is 24.8. The first kappa shape index (κ1) is 15.1. The van der Waals surface area contributed by atoms with E-state index >= 15 is 0 Å². The number of nitrogens with zero attached hydrogens (tertiary/aromatic N) is 1. The number of rotatable bonds is 3. The van der Waals surface area contributed by atoms with Crippen LogP contribution in [0.1, 0.15) is 24.0 Å². The quantitative estimate of drug-likeness (QED) is 0.890. The Balaban J connectivity index is 1.83. The van der Waals surface area contributed by atoms with E-state index in [4.69, 9.17) is 5.73 Å². The Morgan fingerprint density at radius 1 is 1.29 bits per heavy atom. The molecule has 0 unspecified atom stereocenters. The SMILES string of the molecule is Cc1ccccc1/C=C/NC(=O)N1CCC(C(N)=O)CC1. The number of nitrogens with two attached hydrogens (primary N) is 1. The molecular weight excluding hydrogens is 266 g/mol. The third-order valence-electron chi connectivity index (χ3n) is 3.84. The molecule has 0 bridgehead atoms. The molecule has 0 aliphatic carbocycles. The van der Waals surface area contributed by atoms with E-state index in [2.05, 4.69) is 5.32 Å². The normalized spacial score (nSPS) is 16.1. The van der Waals surface area contributed by atoms with E-state index in [1.165, 1.54) is 0 Å². The lowest BCUT2D eigenvalue weighted by Gasteiger charge is -2.30. The number of benzene rings is 1. The second-order valence-electron chi connectivity index (χ2n) is 5.30. The molecule has 21 heavy (non-hydrogen) atoms. The number of amides is 3. The van der Waals surface area contributed by atoms with Gasteiger partial charge in [0.05, 0.1) is 0 Å². The van der Waals surface area contributed by atoms with Gasteiger partial charge in [0.1, 0.15) is 0 Å². The number of carbonyl (C=O) groups excluding carboxylic acids is 2. The Kier molecular flexibility index (Phi) is 4.98. The molecule has 1 aromatic carbocycles. The van der Waals surface area contributed by atoms with Gasteiger partial charge in [0.25, 0.3) is 0 Å². The third-order valence-corrected chi connectivity index (χ3v) is 3.84. The standard InChI is InChI=1S/C16H21N3O2/c1-12-4-2-3-5-13(12)6-9-18-16(21)19-10-7-14(8-11-19)15(17)20/h2-6,9,14H,7-8,10-11H2,1H3,(H2,17,20)(H,18,21)/b9-6+. The summed E-state index contributed by atoms with van der Waals surface area (Å²) in [6, 6.07) is 7.83. The zero-order valence-electron chi connectivity index (χ0n) is 12.2. The molecule has 0 radical (unpaired) electrons. The number of hydrogen-bond acceptors (Lipinski definition) is 2. The van der Waals surface area contributed by atoms with Gasteiger partial charge in [-0.15, -0.1) is 0 Å². The van der Waals surface area contributed by atoms with Crippen LogP contribution in [-0.2, 0) is 4.79 Å². The van der Waals surface area contributed by atoms with Crippen molar-refractivity contribution in [3.8, 4) is 0 Å². The number of urea groups is 1. The maximum Gasteiger partial charge on any atom is 0.321 e. The maximum atomic E-state index is 12.0. The van der Waals surface area contributed by atoms with Crippen LogP contribution in [0.5, 0.6) is 0 Å². The Hall–Kier alpha value is -2.30. The largest absolute Gasteiger partial charge is 0.369 e. The molecule has 5 nitrogen and oxygen atoms in total. The van der Waals surface area contributed by atoms with Gasteiger partial charge < -0.3 is 16.0 Å². The molecule has 1 heterocycles. The first-order valence-electron chi connectivity index (χ1n) is 7.15. The van der Waals surface area contributed by atoms with E-state index in [1.54, 1.807) is 11.1 Å². The first-order chi connectivity index (χ1) is 10.1. The lowest BCUT2D eigenvalue weighted by Crippen LogP contribution is -2.45. The summed E-state index contributed by atoms with van der Waals surface area (Å²) in [5.74, 6) is -0.369. The van der Waals surface area contributed by atoms with Gasteiger partial charge >= 0.3 is 6.03 Å². The highest BCUT2D eigenvalue weighted by Crippen LogP contribution is 2.16. The first-order valence-corrected chi connectivity index (χ1v) is 7.15. The van der Waals surface area contributed by atoms with E-state index in [1.807, 2.05) is 37.3 Å². The molecule has 5 heteroatoms. The molecule has 1 saturated heterocycles. The lowest BCUT2D eigenvalue weighted by molar-refractivity contribution is -0.122. The molecule has 0 saturated carbocycles. The zero-order chi connectivity index (χ0) is 15.2. The van der Waals surface area contributed by atoms with Gasteiger partial charge in [0.2, 0.25) is 5.91 Å². The zero-order valence-corrected chi connectivity index (χ0v) is 12.2. The average molecular weight is 287 g/mol. The summed E-state index contributed by atoms with van der Waals surface area (Å²) in [6.45, 7) is 3.16. The number of aryl methyl sites for hydroxylation is 1. The van der Waals surface area contributed by atoms with E-state index in [9.17, 15) is 9.59 Å². The summed E-state index contributed by atoms with van der Waals surface area (Å²) in [6.07, 6.45) is 4.82. The van der Waals surface area contributed by atoms with E-state index in [0.29, 0.717) is 25.9 Å². The van der Waals surface area contributed by atoms with Crippen molar-refractivity contribution in [2.24, 2.45) is 11.7 Å². The second-order valence-corrected chi connectivity index (χ2v) is 5.30. The van der Waals surface area contributed by atoms with Crippen molar-refractivity contribution in [3.63, 3.8) is 0 Å². The number of nitrogens with one attached hydrogen (secondary N) is 1. The number of primary amides is 1. The van der Waals surface area contributed by atoms with E-state index < -0.39 is 0 Å². The molecule has 3 amide bonds. The topological polar surface area (TPSA) is 75.4 Å². The monoisotopic (exact) mass is 287 g/mol. The van der Waals surface area contributed by atoms with Crippen LogP contribution in [0.25, 0.3) is 6.08 Å². The van der Waals surface area contributed by atoms with Crippen molar-refractivity contribution in [1.82, 2.24) is 10.2 Å². The van der Waals surface area contributed by atoms with Crippen LogP contribution in [0.4, 0.5) is 4.79 Å². The fourth-order valence-corrected chi connectivity index (χ4v) is 2.43. The predicted molar refractivity (Wildman–Crippen MR) is 82.2 cm³/mol. The van der Waals surface area contributed by atoms with Crippen LogP contribution in [0.2, 0.25) is 0 Å². The number of likely N-dealkylation sites (tertiary alicyclic amines) is 1. The Morgan fingerprint density at radius 2 is 1.95 bits per heavy atom. The van der Waals surface area contributed by atoms with Crippen LogP contribution in [0.15, 0.2) is 30.5 Å². The Morgan fingerprint density at radius 3 is 2.57 bits per heavy atom. The summed E-state index contributed by atoms with van der Waals surface area (Å²) < 4.78 is 0. The van der Waals surface area contributed by atoms with E-state index in [-0.39, 0.29) is 17.9 Å². The number of carbonyl (C=O) groups is 2. The molecular formula is C16H21N3O2. The second kappa shape index (κ2) is 6.92. The molecule has 3 N–H and O–H groups in total. The van der Waals surface area contributed by atoms with Gasteiger partial charge in [0, 0.05) is 25.2 Å². The molecule has 0 aromatic heterocycles. The van der Waals surface area contributed by atoms with Gasteiger partial charge in [-0.3, -0.25) is 4.79 Å². The van der Waals surface area contributed by atoms with Crippen LogP contribution < -0.4 is 11.1 Å². The van der Waals surface area contributed by atoms with Crippen molar-refractivity contribution in [1.29, 1.82) is 0 Å². The molecule has 0 spiro atoms. The Labute approximate surface area is 124 Å². The van der Waals surface area contributed by atoms with Crippen LogP contribution in [0.3, 0.4) is 0 Å². The fourth-order valence-electron chi connectivity index (χ4n) is 2.43. The highest BCUT2D eigenvalue weighted by atomic mass is 16.2. The third kappa shape index (κ3) is 4.08. The van der Waals surface area contributed by atoms with Crippen molar-refractivity contribution < 1.29 is 9.59 Å². The Bertz CT molecular complexity index is 546. The van der Waals surface area contributed by atoms with Crippen LogP contribution in [-0.4, -0.2) is 29.9 Å². The molecule has 1 aromatic rings. The molecule has 112 valence electrons. The van der Waals surface area contributed by atoms with E-state index in [0.717, 1.165) is 11.1 Å². The van der Waals surface area contributed by atoms with Crippen molar-refractivity contribution in [2.45, 2.75) is 19.8 Å². The van der Waals surface area contributed by atoms with Gasteiger partial charge in [-0.2, -0.15) is 0 Å². The van der Waals surface area contributed by atoms with Gasteiger partial charge in [-0.25, -0.2) is 4.79 Å². The molecule has 1 aliphatic heterocycles. The molecule has 2 rings (SSSR count). The van der Waals surface area contributed by atoms with Crippen molar-refractivity contribution in [2.75, 3.05) is 13.1 Å². The smallest absolute Gasteiger partial charge is 0.321 e. The number of hydrogen-bond donors (Lipinski definition) is 2. The average Bonchev–Trinajstić information content (AvgIpc) is 2.49. The molecule has 1 fully saturated rings. The van der Waals surface area contributed by atoms with Crippen LogP contribution >= 0.6 is 0 Å². The van der Waals surface area contributed by atoms with Gasteiger partial charge in [-0.1, -0.05) is 24.3 Å². The predicted octanol–water partition coefficient (Wildman–Crippen LogP) is 1.87. The molecule has 1 aliphatic rings. The molecule has 0 atom stereocenters. The van der Waals surface area contributed by atoms with Crippen molar-refractivity contribution >= 4 is 18.0 Å². The minimum atomic E-state index is -0.269. The fraction of sp³-hybridized carbons (Fsp3) is 0.375. The maximum absolute atomic E-state index is 12.0. The lowest BCUT2D eigenvalue weighted by atomic mass is 9.96. The minimum Gasteiger partial charge on any atom is -0.369 e. The minimum absolute atomic E-state index is 0.100. The van der Waals surface area contributed by atoms with Gasteiger partial charge in [0.15, 0.2) is 0 Å². The highest BCUT2D eigenvalue weighted by Gasteiger charge is 2.25. The van der Waals surface area contributed by atoms with Crippen LogP contribution in [0, 0.1) is 12.8 Å². The van der Waals surface area contributed by atoms with Gasteiger partial charge in [-0.05, 0) is 37.0 Å². The summed E-state index contributed by atoms with van der Waals surface area (Å²) in [7, 11) is 0. The highest BCUT2D eigenvalue weighted by molar-refractivity contribution is 5.78. The summed E-state index contributed by atoms with van der Waals surface area (Å²) in [5, 5.41) is 2.76. The van der Waals surface area contributed by atoms with Crippen molar-refractivity contribution in [3.05, 3.63) is 41.6 Å².